The standard InChI is InChI=1S/C27H30N6O3/c1-17(2)33-23-15-21(9-10-22(23)18(3)30-33)27-29-25(31-36-27)19-11-13-32(14-12-19)24(34)16-28-26(35)20-7-5-4-6-8-20/h4-10,15,17,19H,11-14,16H2,1-3H3,(H,28,35). The van der Waals surface area contributed by atoms with Crippen LogP contribution >= 0.6 is 0 Å². The van der Waals surface area contributed by atoms with Gasteiger partial charge in [0, 0.05) is 41.6 Å². The van der Waals surface area contributed by atoms with Crippen LogP contribution in [0, 0.1) is 6.92 Å². The van der Waals surface area contributed by atoms with Gasteiger partial charge < -0.3 is 14.7 Å². The van der Waals surface area contributed by atoms with Crippen LogP contribution in [0.2, 0.25) is 0 Å². The number of nitrogens with one attached hydrogen (secondary N) is 1. The molecule has 0 bridgehead atoms. The fraction of sp³-hybridized carbons (Fsp3) is 0.370. The SMILES string of the molecule is Cc1nn(C(C)C)c2cc(-c3nc(C4CCN(C(=O)CNC(=O)c5ccccc5)CC4)no3)ccc12. The van der Waals surface area contributed by atoms with Crippen molar-refractivity contribution in [3.63, 3.8) is 0 Å². The molecule has 2 amide bonds. The second kappa shape index (κ2) is 9.93. The summed E-state index contributed by atoms with van der Waals surface area (Å²) in [6.07, 6.45) is 1.49. The third-order valence-corrected chi connectivity index (χ3v) is 6.72. The smallest absolute Gasteiger partial charge is 0.258 e. The number of benzene rings is 2. The first-order valence-corrected chi connectivity index (χ1v) is 12.3. The lowest BCUT2D eigenvalue weighted by atomic mass is 9.96. The molecule has 2 aromatic carbocycles. The molecule has 0 aliphatic carbocycles. The van der Waals surface area contributed by atoms with Gasteiger partial charge in [-0.15, -0.1) is 0 Å². The number of hydrogen-bond acceptors (Lipinski definition) is 6. The van der Waals surface area contributed by atoms with Crippen LogP contribution in [0.5, 0.6) is 0 Å². The average Bonchev–Trinajstić information content (AvgIpc) is 3.53. The van der Waals surface area contributed by atoms with Gasteiger partial charge in [-0.05, 0) is 57.9 Å². The second-order valence-corrected chi connectivity index (χ2v) is 9.52. The number of piperidine rings is 1. The average molecular weight is 487 g/mol. The van der Waals surface area contributed by atoms with E-state index in [2.05, 4.69) is 46.5 Å². The molecule has 1 aliphatic heterocycles. The zero-order chi connectivity index (χ0) is 25.2. The van der Waals surface area contributed by atoms with E-state index in [1.54, 1.807) is 29.2 Å². The molecule has 0 saturated carbocycles. The first-order chi connectivity index (χ1) is 17.4. The van der Waals surface area contributed by atoms with E-state index >= 15 is 0 Å². The normalized spacial score (nSPS) is 14.5. The number of carbonyl (C=O) groups excluding carboxylic acids is 2. The van der Waals surface area contributed by atoms with Crippen molar-refractivity contribution in [1.82, 2.24) is 30.1 Å². The van der Waals surface area contributed by atoms with Crippen LogP contribution in [0.25, 0.3) is 22.4 Å². The summed E-state index contributed by atoms with van der Waals surface area (Å²) < 4.78 is 7.64. The molecule has 0 unspecified atom stereocenters. The van der Waals surface area contributed by atoms with E-state index in [1.807, 2.05) is 23.7 Å². The molecule has 1 saturated heterocycles. The highest BCUT2D eigenvalue weighted by atomic mass is 16.5. The van der Waals surface area contributed by atoms with Crippen molar-refractivity contribution in [2.75, 3.05) is 19.6 Å². The fourth-order valence-corrected chi connectivity index (χ4v) is 4.69. The van der Waals surface area contributed by atoms with E-state index in [0.29, 0.717) is 30.4 Å². The zero-order valence-corrected chi connectivity index (χ0v) is 20.8. The van der Waals surface area contributed by atoms with E-state index in [4.69, 9.17) is 4.52 Å². The van der Waals surface area contributed by atoms with Crippen LogP contribution in [-0.4, -0.2) is 56.3 Å². The summed E-state index contributed by atoms with van der Waals surface area (Å²) in [6, 6.07) is 15.2. The van der Waals surface area contributed by atoms with Crippen molar-refractivity contribution in [3.8, 4) is 11.5 Å². The molecule has 9 heteroatoms. The minimum atomic E-state index is -0.247. The quantitative estimate of drug-likeness (QED) is 0.440. The maximum atomic E-state index is 12.6. The summed E-state index contributed by atoms with van der Waals surface area (Å²) in [6.45, 7) is 7.40. The Morgan fingerprint density at radius 3 is 2.58 bits per heavy atom. The molecule has 2 aromatic heterocycles. The van der Waals surface area contributed by atoms with Crippen LogP contribution in [0.3, 0.4) is 0 Å². The topological polar surface area (TPSA) is 106 Å². The predicted molar refractivity (Wildman–Crippen MR) is 135 cm³/mol. The minimum absolute atomic E-state index is 0.0142. The highest BCUT2D eigenvalue weighted by molar-refractivity contribution is 5.96. The molecular formula is C27H30N6O3. The van der Waals surface area contributed by atoms with E-state index in [1.165, 1.54) is 0 Å². The maximum absolute atomic E-state index is 12.6. The van der Waals surface area contributed by atoms with Crippen molar-refractivity contribution in [2.45, 2.75) is 45.6 Å². The Morgan fingerprint density at radius 1 is 1.11 bits per heavy atom. The number of carbonyl (C=O) groups is 2. The molecule has 0 atom stereocenters. The molecule has 4 aromatic rings. The number of nitrogens with zero attached hydrogens (tertiary/aromatic N) is 5. The molecule has 36 heavy (non-hydrogen) atoms. The molecule has 0 spiro atoms. The van der Waals surface area contributed by atoms with E-state index in [-0.39, 0.29) is 30.3 Å². The zero-order valence-electron chi connectivity index (χ0n) is 20.8. The molecule has 3 heterocycles. The summed E-state index contributed by atoms with van der Waals surface area (Å²) in [5.41, 5.74) is 3.45. The van der Waals surface area contributed by atoms with Gasteiger partial charge in [0.2, 0.25) is 5.91 Å². The summed E-state index contributed by atoms with van der Waals surface area (Å²) in [5.74, 6) is 0.948. The Labute approximate surface area is 209 Å². The third kappa shape index (κ3) is 4.73. The Kier molecular flexibility index (Phi) is 6.54. The molecule has 0 radical (unpaired) electrons. The van der Waals surface area contributed by atoms with Crippen LogP contribution in [0.1, 0.15) is 60.5 Å². The van der Waals surface area contributed by atoms with Gasteiger partial charge in [0.05, 0.1) is 17.8 Å². The van der Waals surface area contributed by atoms with E-state index in [0.717, 1.165) is 35.0 Å². The summed E-state index contributed by atoms with van der Waals surface area (Å²) in [5, 5.41) is 12.7. The van der Waals surface area contributed by atoms with Crippen molar-refractivity contribution in [3.05, 3.63) is 65.6 Å². The number of aryl methyl sites for hydroxylation is 1. The highest BCUT2D eigenvalue weighted by Crippen LogP contribution is 2.30. The molecule has 186 valence electrons. The number of rotatable bonds is 6. The van der Waals surface area contributed by atoms with Crippen LogP contribution in [-0.2, 0) is 4.79 Å². The third-order valence-electron chi connectivity index (χ3n) is 6.72. The molecular weight excluding hydrogens is 456 g/mol. The van der Waals surface area contributed by atoms with Crippen molar-refractivity contribution in [1.29, 1.82) is 0 Å². The minimum Gasteiger partial charge on any atom is -0.343 e. The summed E-state index contributed by atoms with van der Waals surface area (Å²) >= 11 is 0. The van der Waals surface area contributed by atoms with Gasteiger partial charge in [-0.2, -0.15) is 10.1 Å². The Balaban J connectivity index is 1.20. The van der Waals surface area contributed by atoms with Crippen molar-refractivity contribution < 1.29 is 14.1 Å². The van der Waals surface area contributed by atoms with Crippen molar-refractivity contribution in [2.24, 2.45) is 0 Å². The van der Waals surface area contributed by atoms with E-state index < -0.39 is 0 Å². The maximum Gasteiger partial charge on any atom is 0.258 e. The molecule has 1 aliphatic rings. The van der Waals surface area contributed by atoms with Gasteiger partial charge in [0.25, 0.3) is 11.8 Å². The van der Waals surface area contributed by atoms with Gasteiger partial charge in [-0.25, -0.2) is 0 Å². The molecule has 9 nitrogen and oxygen atoms in total. The number of likely N-dealkylation sites (tertiary alicyclic amines) is 1. The Hall–Kier alpha value is -4.01. The van der Waals surface area contributed by atoms with Crippen LogP contribution in [0.15, 0.2) is 53.1 Å². The number of amides is 2. The van der Waals surface area contributed by atoms with Crippen LogP contribution < -0.4 is 5.32 Å². The summed E-state index contributed by atoms with van der Waals surface area (Å²) in [7, 11) is 0. The molecule has 1 fully saturated rings. The fourth-order valence-electron chi connectivity index (χ4n) is 4.69. The van der Waals surface area contributed by atoms with E-state index in [9.17, 15) is 9.59 Å². The first-order valence-electron chi connectivity index (χ1n) is 12.3. The highest BCUT2D eigenvalue weighted by Gasteiger charge is 2.27. The van der Waals surface area contributed by atoms with Gasteiger partial charge in [-0.1, -0.05) is 29.4 Å². The molecule has 1 N–H and O–H groups in total. The van der Waals surface area contributed by atoms with Crippen molar-refractivity contribution >= 4 is 22.7 Å². The summed E-state index contributed by atoms with van der Waals surface area (Å²) in [4.78, 5) is 31.3. The molecule has 5 rings (SSSR count). The number of fused-ring (bicyclic) bond motifs is 1. The van der Waals surface area contributed by atoms with Gasteiger partial charge in [0.1, 0.15) is 0 Å². The lowest BCUT2D eigenvalue weighted by molar-refractivity contribution is -0.131. The Bertz CT molecular complexity index is 1380. The lowest BCUT2D eigenvalue weighted by Gasteiger charge is -2.30. The number of aromatic nitrogens is 4. The Morgan fingerprint density at radius 2 is 1.86 bits per heavy atom. The van der Waals surface area contributed by atoms with Crippen LogP contribution in [0.4, 0.5) is 0 Å². The lowest BCUT2D eigenvalue weighted by Crippen LogP contribution is -2.43. The van der Waals surface area contributed by atoms with Gasteiger partial charge in [0.15, 0.2) is 5.82 Å². The number of hydrogen-bond donors (Lipinski definition) is 1. The van der Waals surface area contributed by atoms with Gasteiger partial charge in [-0.3, -0.25) is 14.3 Å². The van der Waals surface area contributed by atoms with Gasteiger partial charge >= 0.3 is 0 Å². The largest absolute Gasteiger partial charge is 0.343 e. The first kappa shape index (κ1) is 23.7. The predicted octanol–water partition coefficient (Wildman–Crippen LogP) is 4.11. The second-order valence-electron chi connectivity index (χ2n) is 9.52. The monoisotopic (exact) mass is 486 g/mol.